The first kappa shape index (κ1) is 15.4. The normalized spacial score (nSPS) is 19.9. The second kappa shape index (κ2) is 7.11. The van der Waals surface area contributed by atoms with Crippen LogP contribution in [0.2, 0.25) is 0 Å². The number of urea groups is 1. The Kier molecular flexibility index (Phi) is 5.20. The highest BCUT2D eigenvalue weighted by Gasteiger charge is 2.28. The van der Waals surface area contributed by atoms with E-state index in [-0.39, 0.29) is 5.91 Å². The molecule has 5 heteroatoms. The lowest BCUT2D eigenvalue weighted by Gasteiger charge is -2.33. The van der Waals surface area contributed by atoms with Crippen LogP contribution in [0.4, 0.5) is 4.79 Å². The minimum Gasteiger partial charge on any atom is -0.352 e. The molecule has 0 unspecified atom stereocenters. The van der Waals surface area contributed by atoms with Gasteiger partial charge in [-0.05, 0) is 24.3 Å². The molecule has 1 aliphatic rings. The molecule has 3 amide bonds. The maximum absolute atomic E-state index is 12.6. The van der Waals surface area contributed by atoms with E-state index in [0.29, 0.717) is 12.3 Å². The summed E-state index contributed by atoms with van der Waals surface area (Å²) in [6, 6.07) is 8.41. The quantitative estimate of drug-likeness (QED) is 0.882. The van der Waals surface area contributed by atoms with E-state index in [4.69, 9.17) is 5.73 Å². The van der Waals surface area contributed by atoms with E-state index in [1.165, 1.54) is 0 Å². The average molecular weight is 289 g/mol. The summed E-state index contributed by atoms with van der Waals surface area (Å²) in [6.45, 7) is 3.66. The number of carbonyl (C=O) groups excluding carboxylic acids is 2. The predicted octanol–water partition coefficient (Wildman–Crippen LogP) is 1.52. The van der Waals surface area contributed by atoms with E-state index in [0.717, 1.165) is 31.5 Å². The Morgan fingerprint density at radius 3 is 2.71 bits per heavy atom. The number of amides is 3. The van der Waals surface area contributed by atoms with Gasteiger partial charge in [0.25, 0.3) is 0 Å². The zero-order valence-corrected chi connectivity index (χ0v) is 12.4. The summed E-state index contributed by atoms with van der Waals surface area (Å²) in [4.78, 5) is 25.7. The highest BCUT2D eigenvalue weighted by Crippen LogP contribution is 2.17. The molecule has 114 valence electrons. The second-order valence-electron chi connectivity index (χ2n) is 5.78. The van der Waals surface area contributed by atoms with Gasteiger partial charge in [-0.15, -0.1) is 0 Å². The Morgan fingerprint density at radius 1 is 1.38 bits per heavy atom. The molecule has 0 aliphatic carbocycles. The van der Waals surface area contributed by atoms with E-state index in [1.807, 2.05) is 35.2 Å². The van der Waals surface area contributed by atoms with Crippen LogP contribution in [0.25, 0.3) is 0 Å². The van der Waals surface area contributed by atoms with Gasteiger partial charge in [0.05, 0.1) is 0 Å². The molecular formula is C16H23N3O2. The van der Waals surface area contributed by atoms with Crippen LogP contribution in [-0.4, -0.2) is 36.0 Å². The molecule has 5 nitrogen and oxygen atoms in total. The molecule has 1 aromatic carbocycles. The van der Waals surface area contributed by atoms with Gasteiger partial charge >= 0.3 is 6.03 Å². The van der Waals surface area contributed by atoms with Crippen molar-refractivity contribution < 1.29 is 9.59 Å². The molecule has 1 aliphatic heterocycles. The first-order valence-electron chi connectivity index (χ1n) is 7.45. The van der Waals surface area contributed by atoms with Crippen molar-refractivity contribution in [2.75, 3.05) is 13.1 Å². The van der Waals surface area contributed by atoms with Crippen LogP contribution in [0, 0.1) is 5.92 Å². The highest BCUT2D eigenvalue weighted by atomic mass is 16.2. The number of hydrogen-bond acceptors (Lipinski definition) is 2. The fourth-order valence-corrected chi connectivity index (χ4v) is 2.83. The van der Waals surface area contributed by atoms with Crippen LogP contribution in [-0.2, 0) is 11.2 Å². The van der Waals surface area contributed by atoms with Crippen molar-refractivity contribution >= 4 is 11.9 Å². The molecule has 3 N–H and O–H groups in total. The van der Waals surface area contributed by atoms with Crippen molar-refractivity contribution in [3.63, 3.8) is 0 Å². The SMILES string of the molecule is C[C@H]1CCCN(C(=O)[C@H](Cc2ccccc2)NC(N)=O)C1. The third kappa shape index (κ3) is 4.48. The second-order valence-corrected chi connectivity index (χ2v) is 5.78. The van der Waals surface area contributed by atoms with Crippen molar-refractivity contribution in [2.24, 2.45) is 11.7 Å². The zero-order valence-electron chi connectivity index (χ0n) is 12.4. The van der Waals surface area contributed by atoms with Gasteiger partial charge in [0.2, 0.25) is 5.91 Å². The Labute approximate surface area is 125 Å². The van der Waals surface area contributed by atoms with E-state index >= 15 is 0 Å². The van der Waals surface area contributed by atoms with Gasteiger partial charge in [-0.3, -0.25) is 4.79 Å². The Bertz CT molecular complexity index is 490. The monoisotopic (exact) mass is 289 g/mol. The first-order valence-corrected chi connectivity index (χ1v) is 7.45. The lowest BCUT2D eigenvalue weighted by Crippen LogP contribution is -2.53. The highest BCUT2D eigenvalue weighted by molar-refractivity contribution is 5.87. The zero-order chi connectivity index (χ0) is 15.2. The maximum Gasteiger partial charge on any atom is 0.312 e. The number of nitrogens with one attached hydrogen (secondary N) is 1. The summed E-state index contributed by atoms with van der Waals surface area (Å²) in [5, 5.41) is 2.59. The van der Waals surface area contributed by atoms with Crippen molar-refractivity contribution in [1.29, 1.82) is 0 Å². The molecule has 1 heterocycles. The molecule has 0 radical (unpaired) electrons. The minimum absolute atomic E-state index is 0.0378. The number of benzene rings is 1. The van der Waals surface area contributed by atoms with Crippen LogP contribution in [0.1, 0.15) is 25.3 Å². The molecule has 21 heavy (non-hydrogen) atoms. The van der Waals surface area contributed by atoms with Crippen LogP contribution in [0.5, 0.6) is 0 Å². The topological polar surface area (TPSA) is 75.4 Å². The van der Waals surface area contributed by atoms with Crippen LogP contribution in [0.15, 0.2) is 30.3 Å². The third-order valence-electron chi connectivity index (χ3n) is 3.87. The van der Waals surface area contributed by atoms with Crippen molar-refractivity contribution in [3.8, 4) is 0 Å². The molecule has 2 atom stereocenters. The summed E-state index contributed by atoms with van der Waals surface area (Å²) >= 11 is 0. The van der Waals surface area contributed by atoms with Gasteiger partial charge in [-0.2, -0.15) is 0 Å². The summed E-state index contributed by atoms with van der Waals surface area (Å²) in [7, 11) is 0. The van der Waals surface area contributed by atoms with Gasteiger partial charge in [0, 0.05) is 19.5 Å². The van der Waals surface area contributed by atoms with Crippen LogP contribution < -0.4 is 11.1 Å². The lowest BCUT2D eigenvalue weighted by molar-refractivity contribution is -0.134. The van der Waals surface area contributed by atoms with Gasteiger partial charge < -0.3 is 16.0 Å². The van der Waals surface area contributed by atoms with E-state index in [1.54, 1.807) is 0 Å². The molecule has 0 saturated carbocycles. The Hall–Kier alpha value is -2.04. The number of primary amides is 1. The van der Waals surface area contributed by atoms with Crippen molar-refractivity contribution in [3.05, 3.63) is 35.9 Å². The first-order chi connectivity index (χ1) is 10.1. The van der Waals surface area contributed by atoms with Gasteiger partial charge in [-0.1, -0.05) is 37.3 Å². The van der Waals surface area contributed by atoms with Gasteiger partial charge in [0.1, 0.15) is 6.04 Å². The molecule has 1 fully saturated rings. The molecule has 0 spiro atoms. The fraction of sp³-hybridized carbons (Fsp3) is 0.500. The van der Waals surface area contributed by atoms with Gasteiger partial charge in [0.15, 0.2) is 0 Å². The average Bonchev–Trinajstić information content (AvgIpc) is 2.46. The molecule has 2 rings (SSSR count). The predicted molar refractivity (Wildman–Crippen MR) is 81.6 cm³/mol. The summed E-state index contributed by atoms with van der Waals surface area (Å²) in [6.07, 6.45) is 2.63. The number of nitrogens with two attached hydrogens (primary N) is 1. The molecule has 1 saturated heterocycles. The Balaban J connectivity index is 2.07. The van der Waals surface area contributed by atoms with E-state index in [9.17, 15) is 9.59 Å². The smallest absolute Gasteiger partial charge is 0.312 e. The third-order valence-corrected chi connectivity index (χ3v) is 3.87. The molecule has 0 bridgehead atoms. The van der Waals surface area contributed by atoms with E-state index < -0.39 is 12.1 Å². The lowest BCUT2D eigenvalue weighted by atomic mass is 9.98. The summed E-state index contributed by atoms with van der Waals surface area (Å²) in [5.74, 6) is 0.470. The number of rotatable bonds is 4. The van der Waals surface area contributed by atoms with Crippen LogP contribution in [0.3, 0.4) is 0 Å². The molecule has 0 aromatic heterocycles. The number of carbonyl (C=O) groups is 2. The largest absolute Gasteiger partial charge is 0.352 e. The summed E-state index contributed by atoms with van der Waals surface area (Å²) in [5.41, 5.74) is 6.23. The Morgan fingerprint density at radius 2 is 2.10 bits per heavy atom. The summed E-state index contributed by atoms with van der Waals surface area (Å²) < 4.78 is 0. The number of hydrogen-bond donors (Lipinski definition) is 2. The number of piperidine rings is 1. The minimum atomic E-state index is -0.658. The van der Waals surface area contributed by atoms with Crippen molar-refractivity contribution in [2.45, 2.75) is 32.2 Å². The standard InChI is InChI=1S/C16H23N3O2/c1-12-6-5-9-19(11-12)15(20)14(18-16(17)21)10-13-7-3-2-4-8-13/h2-4,7-8,12,14H,5-6,9-11H2,1H3,(H3,17,18,21)/t12-,14-/m0/s1. The number of nitrogens with zero attached hydrogens (tertiary/aromatic N) is 1. The van der Waals surface area contributed by atoms with E-state index in [2.05, 4.69) is 12.2 Å². The molecule has 1 aromatic rings. The maximum atomic E-state index is 12.6. The van der Waals surface area contributed by atoms with Crippen molar-refractivity contribution in [1.82, 2.24) is 10.2 Å². The number of likely N-dealkylation sites (tertiary alicyclic amines) is 1. The molecular weight excluding hydrogens is 266 g/mol. The van der Waals surface area contributed by atoms with Gasteiger partial charge in [-0.25, -0.2) is 4.79 Å². The van der Waals surface area contributed by atoms with Crippen LogP contribution >= 0.6 is 0 Å². The fourth-order valence-electron chi connectivity index (χ4n) is 2.83.